The summed E-state index contributed by atoms with van der Waals surface area (Å²) in [5.41, 5.74) is 1.22. The van der Waals surface area contributed by atoms with E-state index in [1.165, 1.54) is 23.7 Å². The lowest BCUT2D eigenvalue weighted by Gasteiger charge is -2.29. The van der Waals surface area contributed by atoms with Crippen LogP contribution in [0.25, 0.3) is 0 Å². The van der Waals surface area contributed by atoms with E-state index in [1.54, 1.807) is 0 Å². The molecule has 0 aliphatic rings. The Morgan fingerprint density at radius 2 is 1.70 bits per heavy atom. The predicted molar refractivity (Wildman–Crippen MR) is 102 cm³/mol. The molecule has 2 nitrogen and oxygen atoms in total. The summed E-state index contributed by atoms with van der Waals surface area (Å²) in [6, 6.07) is 13.8. The van der Waals surface area contributed by atoms with E-state index in [1.807, 2.05) is 25.1 Å². The first kappa shape index (κ1) is 19.7. The Kier molecular flexibility index (Phi) is 9.65. The summed E-state index contributed by atoms with van der Waals surface area (Å²) in [6.45, 7) is 10.2. The third kappa shape index (κ3) is 7.19. The molecule has 23 heavy (non-hydrogen) atoms. The van der Waals surface area contributed by atoms with Crippen LogP contribution in [0, 0.1) is 0 Å². The van der Waals surface area contributed by atoms with E-state index in [0.29, 0.717) is 6.61 Å². The third-order valence-electron chi connectivity index (χ3n) is 4.37. The summed E-state index contributed by atoms with van der Waals surface area (Å²) in [4.78, 5) is 0. The van der Waals surface area contributed by atoms with Gasteiger partial charge in [0.2, 0.25) is 8.32 Å². The first-order valence-corrected chi connectivity index (χ1v) is 11.4. The predicted octanol–water partition coefficient (Wildman–Crippen LogP) is 6.08. The van der Waals surface area contributed by atoms with Crippen molar-refractivity contribution in [1.82, 2.24) is 0 Å². The van der Waals surface area contributed by atoms with Gasteiger partial charge in [-0.15, -0.1) is 0 Å². The van der Waals surface area contributed by atoms with E-state index in [4.69, 9.17) is 9.16 Å². The molecule has 1 aromatic carbocycles. The van der Waals surface area contributed by atoms with Crippen molar-refractivity contribution >= 4 is 8.32 Å². The van der Waals surface area contributed by atoms with Crippen LogP contribution in [0.1, 0.15) is 39.7 Å². The van der Waals surface area contributed by atoms with E-state index in [2.05, 4.69) is 51.1 Å². The summed E-state index contributed by atoms with van der Waals surface area (Å²) in [7, 11) is -1.57. The highest BCUT2D eigenvalue weighted by Gasteiger charge is 2.30. The topological polar surface area (TPSA) is 18.5 Å². The fourth-order valence-electron chi connectivity index (χ4n) is 2.52. The van der Waals surface area contributed by atoms with Crippen molar-refractivity contribution in [3.63, 3.8) is 0 Å². The molecule has 1 rings (SSSR count). The molecule has 128 valence electrons. The van der Waals surface area contributed by atoms with Crippen LogP contribution in [0.5, 0.6) is 0 Å². The molecule has 0 aromatic heterocycles. The standard InChI is InChI=1S/C20H32O2Si/c1-5-20(22-23(6-2,7-3)8-4)16-12-13-17-21-18-19-14-10-9-11-15-19/h5,9-12,14-16H,6-8,13,17-18H2,1-4H3/b16-12+,20-5+. The van der Waals surface area contributed by atoms with Crippen LogP contribution in [-0.4, -0.2) is 14.9 Å². The number of allylic oxidation sites excluding steroid dienone is 2. The van der Waals surface area contributed by atoms with Gasteiger partial charge in [0.1, 0.15) is 0 Å². The minimum Gasteiger partial charge on any atom is -0.544 e. The second-order valence-corrected chi connectivity index (χ2v) is 10.5. The van der Waals surface area contributed by atoms with Gasteiger partial charge in [0.25, 0.3) is 0 Å². The molecule has 0 N–H and O–H groups in total. The first-order chi connectivity index (χ1) is 11.2. The van der Waals surface area contributed by atoms with Crippen molar-refractivity contribution in [2.45, 2.75) is 58.9 Å². The lowest BCUT2D eigenvalue weighted by molar-refractivity contribution is 0.125. The van der Waals surface area contributed by atoms with Crippen molar-refractivity contribution in [2.75, 3.05) is 6.61 Å². The summed E-state index contributed by atoms with van der Waals surface area (Å²) >= 11 is 0. The van der Waals surface area contributed by atoms with Gasteiger partial charge < -0.3 is 9.16 Å². The molecule has 0 fully saturated rings. The molecule has 0 atom stereocenters. The molecule has 0 radical (unpaired) electrons. The van der Waals surface area contributed by atoms with Crippen LogP contribution < -0.4 is 0 Å². The molecule has 0 bridgehead atoms. The molecule has 1 aromatic rings. The summed E-state index contributed by atoms with van der Waals surface area (Å²) in [6.07, 6.45) is 7.24. The number of hydrogen-bond donors (Lipinski definition) is 0. The van der Waals surface area contributed by atoms with Crippen LogP contribution in [0.3, 0.4) is 0 Å². The van der Waals surface area contributed by atoms with E-state index in [-0.39, 0.29) is 0 Å². The van der Waals surface area contributed by atoms with Gasteiger partial charge in [0.15, 0.2) is 0 Å². The Morgan fingerprint density at radius 1 is 1.04 bits per heavy atom. The fraction of sp³-hybridized carbons (Fsp3) is 0.500. The zero-order valence-corrected chi connectivity index (χ0v) is 16.2. The SMILES string of the molecule is C/C=C(\C=C\CCOCc1ccccc1)O[Si](CC)(CC)CC. The minimum atomic E-state index is -1.57. The Balaban J connectivity index is 2.34. The summed E-state index contributed by atoms with van der Waals surface area (Å²) in [5, 5.41) is 0. The van der Waals surface area contributed by atoms with Gasteiger partial charge in [0.05, 0.1) is 19.0 Å². The second-order valence-electron chi connectivity index (χ2n) is 5.77. The first-order valence-electron chi connectivity index (χ1n) is 8.83. The lowest BCUT2D eigenvalue weighted by atomic mass is 10.2. The number of hydrogen-bond acceptors (Lipinski definition) is 2. The maximum atomic E-state index is 6.38. The monoisotopic (exact) mass is 332 g/mol. The van der Waals surface area contributed by atoms with Crippen LogP contribution in [0.2, 0.25) is 18.1 Å². The second kappa shape index (κ2) is 11.2. The van der Waals surface area contributed by atoms with E-state index in [0.717, 1.165) is 18.8 Å². The molecular formula is C20H32O2Si. The molecular weight excluding hydrogens is 300 g/mol. The van der Waals surface area contributed by atoms with Crippen LogP contribution in [0.4, 0.5) is 0 Å². The maximum Gasteiger partial charge on any atom is 0.250 e. The zero-order valence-electron chi connectivity index (χ0n) is 15.2. The average molecular weight is 333 g/mol. The van der Waals surface area contributed by atoms with Crippen molar-refractivity contribution < 1.29 is 9.16 Å². The molecule has 0 heterocycles. The highest BCUT2D eigenvalue weighted by molar-refractivity contribution is 6.73. The van der Waals surface area contributed by atoms with Gasteiger partial charge in [-0.05, 0) is 49.2 Å². The Bertz CT molecular complexity index is 467. The smallest absolute Gasteiger partial charge is 0.250 e. The summed E-state index contributed by atoms with van der Waals surface area (Å²) in [5.74, 6) is 1.02. The average Bonchev–Trinajstić information content (AvgIpc) is 2.62. The lowest BCUT2D eigenvalue weighted by Crippen LogP contribution is -2.35. The fourth-order valence-corrected chi connectivity index (χ4v) is 5.14. The van der Waals surface area contributed by atoms with Crippen molar-refractivity contribution in [3.8, 4) is 0 Å². The van der Waals surface area contributed by atoms with E-state index in [9.17, 15) is 0 Å². The number of benzene rings is 1. The Morgan fingerprint density at radius 3 is 2.26 bits per heavy atom. The molecule has 0 aliphatic heterocycles. The van der Waals surface area contributed by atoms with E-state index < -0.39 is 8.32 Å². The van der Waals surface area contributed by atoms with Crippen LogP contribution in [-0.2, 0) is 15.8 Å². The Labute approximate surface area is 143 Å². The molecule has 0 amide bonds. The van der Waals surface area contributed by atoms with Crippen LogP contribution >= 0.6 is 0 Å². The molecule has 0 spiro atoms. The number of ether oxygens (including phenoxy) is 1. The molecule has 3 heteroatoms. The van der Waals surface area contributed by atoms with Crippen LogP contribution in [0.15, 0.2) is 54.3 Å². The van der Waals surface area contributed by atoms with Gasteiger partial charge in [-0.2, -0.15) is 0 Å². The molecule has 0 unspecified atom stereocenters. The highest BCUT2D eigenvalue weighted by atomic mass is 28.4. The maximum absolute atomic E-state index is 6.38. The summed E-state index contributed by atoms with van der Waals surface area (Å²) < 4.78 is 12.1. The largest absolute Gasteiger partial charge is 0.544 e. The van der Waals surface area contributed by atoms with E-state index >= 15 is 0 Å². The van der Waals surface area contributed by atoms with Crippen molar-refractivity contribution in [1.29, 1.82) is 0 Å². The molecule has 0 saturated carbocycles. The van der Waals surface area contributed by atoms with Gasteiger partial charge in [-0.25, -0.2) is 0 Å². The normalized spacial score (nSPS) is 12.8. The van der Waals surface area contributed by atoms with Gasteiger partial charge >= 0.3 is 0 Å². The molecule has 0 aliphatic carbocycles. The Hall–Kier alpha value is -1.32. The quantitative estimate of drug-likeness (QED) is 0.212. The molecule has 0 saturated heterocycles. The van der Waals surface area contributed by atoms with Crippen molar-refractivity contribution in [3.05, 3.63) is 59.9 Å². The zero-order chi connectivity index (χ0) is 17.0. The third-order valence-corrected chi connectivity index (χ3v) is 8.91. The number of rotatable bonds is 11. The van der Waals surface area contributed by atoms with Gasteiger partial charge in [-0.1, -0.05) is 57.2 Å². The highest BCUT2D eigenvalue weighted by Crippen LogP contribution is 2.25. The van der Waals surface area contributed by atoms with Gasteiger partial charge in [0, 0.05) is 0 Å². The van der Waals surface area contributed by atoms with Gasteiger partial charge in [-0.3, -0.25) is 0 Å². The van der Waals surface area contributed by atoms with Crippen molar-refractivity contribution in [2.24, 2.45) is 0 Å². The minimum absolute atomic E-state index is 0.680.